The Labute approximate surface area is 135 Å². The summed E-state index contributed by atoms with van der Waals surface area (Å²) in [4.78, 5) is 25.1. The number of hydrogen-bond acceptors (Lipinski definition) is 3. The summed E-state index contributed by atoms with van der Waals surface area (Å²) in [6, 6.07) is 3.08. The Kier molecular flexibility index (Phi) is 6.62. The van der Waals surface area contributed by atoms with E-state index in [4.69, 9.17) is 0 Å². The predicted octanol–water partition coefficient (Wildman–Crippen LogP) is 1.43. The van der Waals surface area contributed by atoms with Crippen molar-refractivity contribution in [3.63, 3.8) is 0 Å². The fourth-order valence-electron chi connectivity index (χ4n) is 1.97. The Balaban J connectivity index is 2.39. The SMILES string of the molecule is CN(CC(=O)NCc1cc(F)cc(F)c1)CC(=O)NC(C)(C)C. The lowest BCUT2D eigenvalue weighted by Gasteiger charge is -2.23. The van der Waals surface area contributed by atoms with Crippen molar-refractivity contribution in [3.05, 3.63) is 35.4 Å². The molecule has 0 bridgehead atoms. The first kappa shape index (κ1) is 19.0. The molecule has 7 heteroatoms. The Morgan fingerprint density at radius 3 is 2.09 bits per heavy atom. The normalized spacial score (nSPS) is 11.4. The smallest absolute Gasteiger partial charge is 0.234 e. The van der Waals surface area contributed by atoms with Gasteiger partial charge in [-0.25, -0.2) is 8.78 Å². The van der Waals surface area contributed by atoms with E-state index < -0.39 is 11.6 Å². The summed E-state index contributed by atoms with van der Waals surface area (Å²) in [6.45, 7) is 5.73. The summed E-state index contributed by atoms with van der Waals surface area (Å²) in [6.07, 6.45) is 0. The van der Waals surface area contributed by atoms with Crippen LogP contribution in [0.1, 0.15) is 26.3 Å². The zero-order valence-electron chi connectivity index (χ0n) is 13.9. The number of amides is 2. The Hall–Kier alpha value is -2.02. The first-order valence-corrected chi connectivity index (χ1v) is 7.26. The highest BCUT2D eigenvalue weighted by atomic mass is 19.1. The molecule has 0 heterocycles. The van der Waals surface area contributed by atoms with Crippen LogP contribution < -0.4 is 10.6 Å². The molecule has 1 rings (SSSR count). The molecule has 0 saturated heterocycles. The first-order chi connectivity index (χ1) is 10.5. The zero-order chi connectivity index (χ0) is 17.6. The number of nitrogens with zero attached hydrogens (tertiary/aromatic N) is 1. The van der Waals surface area contributed by atoms with Gasteiger partial charge < -0.3 is 10.6 Å². The zero-order valence-corrected chi connectivity index (χ0v) is 13.9. The van der Waals surface area contributed by atoms with E-state index in [1.807, 2.05) is 20.8 Å². The van der Waals surface area contributed by atoms with Crippen molar-refractivity contribution in [2.24, 2.45) is 0 Å². The number of carbonyl (C=O) groups excluding carboxylic acids is 2. The fourth-order valence-corrected chi connectivity index (χ4v) is 1.97. The summed E-state index contributed by atoms with van der Waals surface area (Å²) in [5, 5.41) is 5.36. The Bertz CT molecular complexity index is 551. The van der Waals surface area contributed by atoms with E-state index in [2.05, 4.69) is 10.6 Å². The van der Waals surface area contributed by atoms with E-state index in [1.54, 1.807) is 11.9 Å². The minimum atomic E-state index is -0.690. The highest BCUT2D eigenvalue weighted by Gasteiger charge is 2.16. The second kappa shape index (κ2) is 8.01. The quantitative estimate of drug-likeness (QED) is 0.831. The van der Waals surface area contributed by atoms with Crippen LogP contribution in [0.25, 0.3) is 0 Å². The van der Waals surface area contributed by atoms with Crippen molar-refractivity contribution in [2.75, 3.05) is 20.1 Å². The lowest BCUT2D eigenvalue weighted by atomic mass is 10.1. The molecule has 128 valence electrons. The maximum absolute atomic E-state index is 13.0. The van der Waals surface area contributed by atoms with Gasteiger partial charge in [0, 0.05) is 18.2 Å². The molecular formula is C16H23F2N3O2. The second-order valence-electron chi connectivity index (χ2n) is 6.52. The highest BCUT2D eigenvalue weighted by molar-refractivity contribution is 5.81. The van der Waals surface area contributed by atoms with E-state index >= 15 is 0 Å². The van der Waals surface area contributed by atoms with Crippen molar-refractivity contribution < 1.29 is 18.4 Å². The van der Waals surface area contributed by atoms with Crippen LogP contribution in [0, 0.1) is 11.6 Å². The van der Waals surface area contributed by atoms with Crippen molar-refractivity contribution in [1.29, 1.82) is 0 Å². The molecule has 0 fully saturated rings. The second-order valence-corrected chi connectivity index (χ2v) is 6.52. The lowest BCUT2D eigenvalue weighted by Crippen LogP contribution is -2.46. The third-order valence-corrected chi connectivity index (χ3v) is 2.75. The third kappa shape index (κ3) is 8.25. The van der Waals surface area contributed by atoms with Gasteiger partial charge in [-0.2, -0.15) is 0 Å². The topological polar surface area (TPSA) is 61.4 Å². The first-order valence-electron chi connectivity index (χ1n) is 7.26. The van der Waals surface area contributed by atoms with Crippen LogP contribution >= 0.6 is 0 Å². The number of halogens is 2. The van der Waals surface area contributed by atoms with Gasteiger partial charge in [0.15, 0.2) is 0 Å². The predicted molar refractivity (Wildman–Crippen MR) is 83.6 cm³/mol. The van der Waals surface area contributed by atoms with Gasteiger partial charge in [0.25, 0.3) is 0 Å². The monoisotopic (exact) mass is 327 g/mol. The molecule has 0 unspecified atom stereocenters. The summed E-state index contributed by atoms with van der Waals surface area (Å²) in [5.41, 5.74) is 0.00531. The van der Waals surface area contributed by atoms with Crippen LogP contribution in [0.15, 0.2) is 18.2 Å². The molecule has 0 aliphatic rings. The van der Waals surface area contributed by atoms with Gasteiger partial charge in [0.05, 0.1) is 13.1 Å². The van der Waals surface area contributed by atoms with E-state index in [9.17, 15) is 18.4 Å². The lowest BCUT2D eigenvalue weighted by molar-refractivity contribution is -0.125. The van der Waals surface area contributed by atoms with E-state index in [0.29, 0.717) is 5.56 Å². The molecule has 23 heavy (non-hydrogen) atoms. The van der Waals surface area contributed by atoms with Crippen LogP contribution in [-0.4, -0.2) is 42.4 Å². The number of nitrogens with one attached hydrogen (secondary N) is 2. The van der Waals surface area contributed by atoms with Crippen molar-refractivity contribution >= 4 is 11.8 Å². The molecular weight excluding hydrogens is 304 g/mol. The molecule has 0 radical (unpaired) electrons. The number of carbonyl (C=O) groups is 2. The number of hydrogen-bond donors (Lipinski definition) is 2. The van der Waals surface area contributed by atoms with Gasteiger partial charge in [-0.05, 0) is 45.5 Å². The molecule has 0 aliphatic carbocycles. The maximum atomic E-state index is 13.0. The van der Waals surface area contributed by atoms with Crippen LogP contribution in [0.2, 0.25) is 0 Å². The summed E-state index contributed by atoms with van der Waals surface area (Å²) < 4.78 is 26.1. The van der Waals surface area contributed by atoms with Gasteiger partial charge >= 0.3 is 0 Å². The molecule has 0 aromatic heterocycles. The largest absolute Gasteiger partial charge is 0.351 e. The third-order valence-electron chi connectivity index (χ3n) is 2.75. The molecule has 5 nitrogen and oxygen atoms in total. The minimum Gasteiger partial charge on any atom is -0.351 e. The standard InChI is InChI=1S/C16H23F2N3O2/c1-16(2,3)20-15(23)10-21(4)9-14(22)19-8-11-5-12(17)7-13(18)6-11/h5-7H,8-10H2,1-4H3,(H,19,22)(H,20,23). The minimum absolute atomic E-state index is 0.00929. The molecule has 0 saturated carbocycles. The van der Waals surface area contributed by atoms with E-state index in [1.165, 1.54) is 0 Å². The van der Waals surface area contributed by atoms with Crippen LogP contribution in [-0.2, 0) is 16.1 Å². The summed E-state index contributed by atoms with van der Waals surface area (Å²) in [5.74, 6) is -1.89. The van der Waals surface area contributed by atoms with Gasteiger partial charge in [-0.3, -0.25) is 14.5 Å². The fraction of sp³-hybridized carbons (Fsp3) is 0.500. The van der Waals surface area contributed by atoms with Gasteiger partial charge in [0.1, 0.15) is 11.6 Å². The Morgan fingerprint density at radius 2 is 1.57 bits per heavy atom. The molecule has 1 aromatic rings. The van der Waals surface area contributed by atoms with Crippen LogP contribution in [0.4, 0.5) is 8.78 Å². The van der Waals surface area contributed by atoms with Crippen molar-refractivity contribution in [3.8, 4) is 0 Å². The molecule has 2 amide bonds. The number of likely N-dealkylation sites (N-methyl/N-ethyl adjacent to an activating group) is 1. The van der Waals surface area contributed by atoms with Crippen LogP contribution in [0.3, 0.4) is 0 Å². The van der Waals surface area contributed by atoms with E-state index in [0.717, 1.165) is 18.2 Å². The molecule has 0 spiro atoms. The van der Waals surface area contributed by atoms with E-state index in [-0.39, 0.29) is 37.0 Å². The highest BCUT2D eigenvalue weighted by Crippen LogP contribution is 2.07. The Morgan fingerprint density at radius 1 is 1.04 bits per heavy atom. The van der Waals surface area contributed by atoms with Crippen molar-refractivity contribution in [1.82, 2.24) is 15.5 Å². The molecule has 0 atom stereocenters. The number of benzene rings is 1. The number of rotatable bonds is 6. The van der Waals surface area contributed by atoms with Gasteiger partial charge in [0.2, 0.25) is 11.8 Å². The van der Waals surface area contributed by atoms with Crippen LogP contribution in [0.5, 0.6) is 0 Å². The molecule has 2 N–H and O–H groups in total. The average molecular weight is 327 g/mol. The summed E-state index contributed by atoms with van der Waals surface area (Å²) >= 11 is 0. The average Bonchev–Trinajstić information content (AvgIpc) is 2.32. The van der Waals surface area contributed by atoms with Crippen molar-refractivity contribution in [2.45, 2.75) is 32.9 Å². The van der Waals surface area contributed by atoms with Gasteiger partial charge in [-0.15, -0.1) is 0 Å². The molecule has 1 aromatic carbocycles. The summed E-state index contributed by atoms with van der Waals surface area (Å²) in [7, 11) is 1.64. The maximum Gasteiger partial charge on any atom is 0.234 e. The molecule has 0 aliphatic heterocycles. The van der Waals surface area contributed by atoms with Gasteiger partial charge in [-0.1, -0.05) is 0 Å².